The van der Waals surface area contributed by atoms with Crippen LogP contribution >= 0.6 is 15.9 Å². The fraction of sp³-hybridized carbons (Fsp3) is 0.300. The van der Waals surface area contributed by atoms with E-state index in [0.717, 1.165) is 5.56 Å². The van der Waals surface area contributed by atoms with Crippen molar-refractivity contribution in [3.63, 3.8) is 0 Å². The second-order valence-electron chi connectivity index (χ2n) is 3.79. The monoisotopic (exact) mass is 299 g/mol. The van der Waals surface area contributed by atoms with Crippen LogP contribution in [0.2, 0.25) is 0 Å². The summed E-state index contributed by atoms with van der Waals surface area (Å²) in [5.74, 6) is 0.216. The van der Waals surface area contributed by atoms with Crippen molar-refractivity contribution in [2.24, 2.45) is 5.73 Å². The molecule has 0 amide bonds. The summed E-state index contributed by atoms with van der Waals surface area (Å²) in [5, 5.41) is 11.3. The standard InChI is InChI=1S/C10H11BrFN5/c1-5-3-8(12)7(11)4-9(5)17-10(6(2)13)14-15-16-17/h3-4,6H,13H2,1-2H3. The molecule has 1 heterocycles. The molecular formula is C10H11BrFN5. The third-order valence-corrected chi connectivity index (χ3v) is 2.98. The van der Waals surface area contributed by atoms with Crippen molar-refractivity contribution >= 4 is 15.9 Å². The molecule has 1 atom stereocenters. The summed E-state index contributed by atoms with van der Waals surface area (Å²) in [4.78, 5) is 0. The maximum absolute atomic E-state index is 13.3. The van der Waals surface area contributed by atoms with Crippen molar-refractivity contribution in [3.05, 3.63) is 33.8 Å². The molecule has 0 aliphatic rings. The first-order chi connectivity index (χ1) is 8.00. The molecule has 2 aromatic rings. The minimum atomic E-state index is -0.318. The van der Waals surface area contributed by atoms with Gasteiger partial charge in [0.1, 0.15) is 5.82 Å². The van der Waals surface area contributed by atoms with Crippen LogP contribution in [0.5, 0.6) is 0 Å². The zero-order valence-corrected chi connectivity index (χ0v) is 10.9. The lowest BCUT2D eigenvalue weighted by atomic mass is 10.2. The Morgan fingerprint density at radius 2 is 2.18 bits per heavy atom. The minimum Gasteiger partial charge on any atom is -0.321 e. The SMILES string of the molecule is Cc1cc(F)c(Br)cc1-n1nnnc1C(C)N. The van der Waals surface area contributed by atoms with E-state index in [1.807, 2.05) is 0 Å². The fourth-order valence-corrected chi connectivity index (χ4v) is 1.84. The van der Waals surface area contributed by atoms with Gasteiger partial charge in [0.25, 0.3) is 0 Å². The van der Waals surface area contributed by atoms with Crippen molar-refractivity contribution in [3.8, 4) is 5.69 Å². The Hall–Kier alpha value is -1.34. The predicted octanol–water partition coefficient (Wildman–Crippen LogP) is 1.89. The van der Waals surface area contributed by atoms with Gasteiger partial charge in [0.2, 0.25) is 0 Å². The summed E-state index contributed by atoms with van der Waals surface area (Å²) in [5.41, 5.74) is 7.21. The van der Waals surface area contributed by atoms with E-state index in [-0.39, 0.29) is 11.9 Å². The van der Waals surface area contributed by atoms with Crippen LogP contribution in [0.1, 0.15) is 24.4 Å². The van der Waals surface area contributed by atoms with Gasteiger partial charge in [-0.1, -0.05) is 0 Å². The lowest BCUT2D eigenvalue weighted by Crippen LogP contribution is -2.14. The van der Waals surface area contributed by atoms with Crippen molar-refractivity contribution < 1.29 is 4.39 Å². The van der Waals surface area contributed by atoms with E-state index in [0.29, 0.717) is 16.0 Å². The van der Waals surface area contributed by atoms with Gasteiger partial charge in [0, 0.05) is 0 Å². The third-order valence-electron chi connectivity index (χ3n) is 2.37. The second kappa shape index (κ2) is 4.50. The Balaban J connectivity index is 2.60. The second-order valence-corrected chi connectivity index (χ2v) is 4.64. The van der Waals surface area contributed by atoms with Gasteiger partial charge in [-0.05, 0) is 57.9 Å². The summed E-state index contributed by atoms with van der Waals surface area (Å²) in [6, 6.07) is 2.76. The summed E-state index contributed by atoms with van der Waals surface area (Å²) in [6.45, 7) is 3.58. The van der Waals surface area contributed by atoms with Crippen LogP contribution in [0, 0.1) is 12.7 Å². The molecule has 0 aliphatic heterocycles. The summed E-state index contributed by atoms with van der Waals surface area (Å²) in [7, 11) is 0. The molecule has 1 aromatic heterocycles. The number of nitrogens with two attached hydrogens (primary N) is 1. The molecule has 0 fully saturated rings. The molecule has 1 unspecified atom stereocenters. The van der Waals surface area contributed by atoms with E-state index in [1.54, 1.807) is 19.9 Å². The van der Waals surface area contributed by atoms with Crippen LogP contribution in [0.3, 0.4) is 0 Å². The van der Waals surface area contributed by atoms with Crippen LogP contribution in [0.4, 0.5) is 4.39 Å². The number of aryl methyl sites for hydroxylation is 1. The molecule has 17 heavy (non-hydrogen) atoms. The first kappa shape index (κ1) is 12.1. The Morgan fingerprint density at radius 1 is 1.47 bits per heavy atom. The highest BCUT2D eigenvalue weighted by Crippen LogP contribution is 2.24. The number of halogens is 2. The van der Waals surface area contributed by atoms with Crippen LogP contribution in [-0.4, -0.2) is 20.2 Å². The quantitative estimate of drug-likeness (QED) is 0.919. The van der Waals surface area contributed by atoms with Crippen molar-refractivity contribution in [2.45, 2.75) is 19.9 Å². The maximum atomic E-state index is 13.3. The molecule has 2 N–H and O–H groups in total. The van der Waals surface area contributed by atoms with Gasteiger partial charge in [0.15, 0.2) is 5.82 Å². The Morgan fingerprint density at radius 3 is 2.82 bits per heavy atom. The smallest absolute Gasteiger partial charge is 0.173 e. The van der Waals surface area contributed by atoms with Crippen LogP contribution in [0.25, 0.3) is 5.69 Å². The normalized spacial score (nSPS) is 12.8. The molecule has 0 bridgehead atoms. The van der Waals surface area contributed by atoms with E-state index in [1.165, 1.54) is 10.7 Å². The van der Waals surface area contributed by atoms with Gasteiger partial charge in [-0.25, -0.2) is 4.39 Å². The highest BCUT2D eigenvalue weighted by molar-refractivity contribution is 9.10. The topological polar surface area (TPSA) is 69.6 Å². The molecule has 0 saturated heterocycles. The van der Waals surface area contributed by atoms with Crippen molar-refractivity contribution in [1.29, 1.82) is 0 Å². The highest BCUT2D eigenvalue weighted by Gasteiger charge is 2.15. The molecule has 0 spiro atoms. The number of benzene rings is 1. The number of aromatic nitrogens is 4. The van der Waals surface area contributed by atoms with Crippen molar-refractivity contribution in [2.75, 3.05) is 0 Å². The van der Waals surface area contributed by atoms with Gasteiger partial charge in [-0.15, -0.1) is 5.10 Å². The molecule has 0 radical (unpaired) electrons. The van der Waals surface area contributed by atoms with Gasteiger partial charge in [-0.2, -0.15) is 4.68 Å². The number of tetrazole rings is 1. The molecule has 5 nitrogen and oxygen atoms in total. The largest absolute Gasteiger partial charge is 0.321 e. The highest BCUT2D eigenvalue weighted by atomic mass is 79.9. The van der Waals surface area contributed by atoms with Gasteiger partial charge in [0.05, 0.1) is 16.2 Å². The molecule has 0 saturated carbocycles. The molecular weight excluding hydrogens is 289 g/mol. The van der Waals surface area contributed by atoms with E-state index >= 15 is 0 Å². The minimum absolute atomic E-state index is 0.298. The first-order valence-corrected chi connectivity index (χ1v) is 5.80. The van der Waals surface area contributed by atoms with Gasteiger partial charge >= 0.3 is 0 Å². The molecule has 1 aromatic carbocycles. The number of hydrogen-bond donors (Lipinski definition) is 1. The average molecular weight is 300 g/mol. The van der Waals surface area contributed by atoms with Gasteiger partial charge < -0.3 is 5.73 Å². The Kier molecular flexibility index (Phi) is 3.21. The Labute approximate surface area is 106 Å². The maximum Gasteiger partial charge on any atom is 0.173 e. The molecule has 90 valence electrons. The molecule has 2 rings (SSSR count). The van der Waals surface area contributed by atoms with Crippen LogP contribution in [0.15, 0.2) is 16.6 Å². The summed E-state index contributed by atoms with van der Waals surface area (Å²) in [6.07, 6.45) is 0. The zero-order valence-electron chi connectivity index (χ0n) is 9.35. The fourth-order valence-electron chi connectivity index (χ4n) is 1.51. The lowest BCUT2D eigenvalue weighted by Gasteiger charge is -2.10. The number of rotatable bonds is 2. The Bertz CT molecular complexity index is 552. The van der Waals surface area contributed by atoms with E-state index in [2.05, 4.69) is 31.5 Å². The first-order valence-electron chi connectivity index (χ1n) is 5.00. The third kappa shape index (κ3) is 2.20. The predicted molar refractivity (Wildman–Crippen MR) is 64.2 cm³/mol. The molecule has 7 heteroatoms. The molecule has 0 aliphatic carbocycles. The van der Waals surface area contributed by atoms with Gasteiger partial charge in [-0.3, -0.25) is 0 Å². The summed E-state index contributed by atoms with van der Waals surface area (Å²) < 4.78 is 15.2. The van der Waals surface area contributed by atoms with E-state index in [9.17, 15) is 4.39 Å². The van der Waals surface area contributed by atoms with Crippen LogP contribution < -0.4 is 5.73 Å². The lowest BCUT2D eigenvalue weighted by molar-refractivity contribution is 0.617. The van der Waals surface area contributed by atoms with E-state index in [4.69, 9.17) is 5.73 Å². The average Bonchev–Trinajstić information content (AvgIpc) is 2.72. The van der Waals surface area contributed by atoms with Crippen LogP contribution in [-0.2, 0) is 0 Å². The summed E-state index contributed by atoms with van der Waals surface area (Å²) >= 11 is 3.14. The number of nitrogens with zero attached hydrogens (tertiary/aromatic N) is 4. The van der Waals surface area contributed by atoms with E-state index < -0.39 is 0 Å². The van der Waals surface area contributed by atoms with Crippen molar-refractivity contribution in [1.82, 2.24) is 20.2 Å². The number of hydrogen-bond acceptors (Lipinski definition) is 4. The zero-order chi connectivity index (χ0) is 12.6.